The molecule has 2 aromatic rings. The summed E-state index contributed by atoms with van der Waals surface area (Å²) < 4.78 is 0. The Morgan fingerprint density at radius 1 is 0.903 bits per heavy atom. The summed E-state index contributed by atoms with van der Waals surface area (Å²) in [5, 5.41) is 8.92. The van der Waals surface area contributed by atoms with Gasteiger partial charge in [-0.3, -0.25) is 9.59 Å². The van der Waals surface area contributed by atoms with Crippen molar-refractivity contribution in [3.05, 3.63) is 81.9 Å². The van der Waals surface area contributed by atoms with Crippen LogP contribution in [0.3, 0.4) is 0 Å². The second-order valence-electron chi connectivity index (χ2n) is 7.83. The van der Waals surface area contributed by atoms with Crippen molar-refractivity contribution in [2.45, 2.75) is 20.3 Å². The fourth-order valence-corrected chi connectivity index (χ4v) is 4.08. The molecule has 4 nitrogen and oxygen atoms in total. The molecule has 0 radical (unpaired) electrons. The summed E-state index contributed by atoms with van der Waals surface area (Å²) in [7, 11) is 0. The normalized spacial score (nSPS) is 16.9. The molecule has 162 valence electrons. The number of Topliss-reactive ketones (excluding diaryl/α,β-unsaturated/α-hetero) is 1. The molecule has 1 heterocycles. The minimum Gasteiger partial charge on any atom is -0.396 e. The molecule has 1 N–H and O–H groups in total. The number of likely N-dealkylation sites (tertiary alicyclic amines) is 1. The summed E-state index contributed by atoms with van der Waals surface area (Å²) >= 11 is 1.56. The van der Waals surface area contributed by atoms with Gasteiger partial charge in [-0.25, -0.2) is 0 Å². The van der Waals surface area contributed by atoms with Crippen molar-refractivity contribution < 1.29 is 14.7 Å². The highest BCUT2D eigenvalue weighted by molar-refractivity contribution is 7.99. The zero-order valence-electron chi connectivity index (χ0n) is 18.1. The molecule has 0 aromatic heterocycles. The number of thioether (sulfide) groups is 1. The topological polar surface area (TPSA) is 57.6 Å². The number of carbonyl (C=O) groups excluding carboxylic acids is 2. The van der Waals surface area contributed by atoms with Gasteiger partial charge in [0.15, 0.2) is 5.78 Å². The molecule has 1 aliphatic rings. The first-order chi connectivity index (χ1) is 15.0. The number of hydrogen-bond acceptors (Lipinski definition) is 4. The van der Waals surface area contributed by atoms with Gasteiger partial charge in [-0.15, -0.1) is 0 Å². The van der Waals surface area contributed by atoms with Crippen LogP contribution in [0.5, 0.6) is 0 Å². The van der Waals surface area contributed by atoms with Gasteiger partial charge >= 0.3 is 0 Å². The van der Waals surface area contributed by atoms with E-state index in [0.29, 0.717) is 42.2 Å². The average molecular weight is 436 g/mol. The Morgan fingerprint density at radius 3 is 1.84 bits per heavy atom. The molecule has 0 spiro atoms. The third-order valence-electron chi connectivity index (χ3n) is 5.19. The number of carbonyl (C=O) groups is 2. The van der Waals surface area contributed by atoms with Gasteiger partial charge in [0, 0.05) is 42.2 Å². The average Bonchev–Trinajstić information content (AvgIpc) is 2.77. The number of amides is 1. The molecule has 0 atom stereocenters. The van der Waals surface area contributed by atoms with Gasteiger partial charge < -0.3 is 10.0 Å². The second-order valence-corrected chi connectivity index (χ2v) is 9.05. The summed E-state index contributed by atoms with van der Waals surface area (Å²) in [6, 6.07) is 16.0. The van der Waals surface area contributed by atoms with Crippen LogP contribution in [-0.4, -0.2) is 52.9 Å². The summed E-state index contributed by atoms with van der Waals surface area (Å²) in [6.07, 6.45) is 4.18. The third-order valence-corrected chi connectivity index (χ3v) is 6.15. The molecule has 0 saturated carbocycles. The Kier molecular flexibility index (Phi) is 8.27. The first-order valence-corrected chi connectivity index (χ1v) is 11.7. The molecule has 1 saturated heterocycles. The maximum absolute atomic E-state index is 13.2. The molecule has 1 aliphatic heterocycles. The second kappa shape index (κ2) is 11.1. The first-order valence-electron chi connectivity index (χ1n) is 10.5. The number of hydrogen-bond donors (Lipinski definition) is 1. The van der Waals surface area contributed by atoms with E-state index in [-0.39, 0.29) is 18.3 Å². The number of aryl methyl sites for hydroxylation is 2. The van der Waals surface area contributed by atoms with Gasteiger partial charge in [0.1, 0.15) is 0 Å². The van der Waals surface area contributed by atoms with Crippen molar-refractivity contribution in [3.8, 4) is 0 Å². The van der Waals surface area contributed by atoms with Crippen LogP contribution in [0.1, 0.15) is 28.7 Å². The third kappa shape index (κ3) is 6.68. The Labute approximate surface area is 188 Å². The zero-order valence-corrected chi connectivity index (χ0v) is 19.0. The molecule has 1 amide bonds. The fourth-order valence-electron chi connectivity index (χ4n) is 3.43. The predicted molar refractivity (Wildman–Crippen MR) is 129 cm³/mol. The van der Waals surface area contributed by atoms with Gasteiger partial charge in [0.2, 0.25) is 5.91 Å². The van der Waals surface area contributed by atoms with E-state index < -0.39 is 0 Å². The summed E-state index contributed by atoms with van der Waals surface area (Å²) in [5.74, 6) is 1.32. The maximum Gasteiger partial charge on any atom is 0.224 e. The number of ketones is 1. The lowest BCUT2D eigenvalue weighted by molar-refractivity contribution is -0.130. The maximum atomic E-state index is 13.2. The van der Waals surface area contributed by atoms with Crippen LogP contribution < -0.4 is 0 Å². The molecule has 1 fully saturated rings. The SMILES string of the molecule is Cc1ccc(/C=C2\CN(C(=O)CCSCCO)C/C(=C\c3ccc(C)cc3)C2=O)cc1. The minimum atomic E-state index is -0.000134. The zero-order chi connectivity index (χ0) is 22.2. The number of nitrogens with zero attached hydrogens (tertiary/aromatic N) is 1. The molecule has 3 rings (SSSR count). The predicted octanol–water partition coefficient (Wildman–Crippen LogP) is 4.30. The van der Waals surface area contributed by atoms with E-state index in [1.165, 1.54) is 0 Å². The highest BCUT2D eigenvalue weighted by Gasteiger charge is 2.28. The molecule has 5 heteroatoms. The Hall–Kier alpha value is -2.63. The van der Waals surface area contributed by atoms with Gasteiger partial charge in [-0.05, 0) is 37.1 Å². The lowest BCUT2D eigenvalue weighted by Crippen LogP contribution is -2.41. The van der Waals surface area contributed by atoms with E-state index in [1.807, 2.05) is 74.5 Å². The standard InChI is InChI=1S/C26H29NO3S/c1-19-3-7-21(8-4-19)15-23-17-27(25(29)11-13-31-14-12-28)18-24(26(23)30)16-22-9-5-20(2)6-10-22/h3-10,15-16,28H,11-14,17-18H2,1-2H3/b23-15+,24-16+. The van der Waals surface area contributed by atoms with Crippen molar-refractivity contribution in [3.63, 3.8) is 0 Å². The lowest BCUT2D eigenvalue weighted by Gasteiger charge is -2.30. The van der Waals surface area contributed by atoms with E-state index in [4.69, 9.17) is 5.11 Å². The van der Waals surface area contributed by atoms with Gasteiger partial charge in [-0.2, -0.15) is 11.8 Å². The number of rotatable bonds is 7. The van der Waals surface area contributed by atoms with E-state index in [9.17, 15) is 9.59 Å². The van der Waals surface area contributed by atoms with Gasteiger partial charge in [0.25, 0.3) is 0 Å². The van der Waals surface area contributed by atoms with Gasteiger partial charge in [0.05, 0.1) is 6.61 Å². The Balaban J connectivity index is 1.87. The van der Waals surface area contributed by atoms with Crippen LogP contribution in [0.15, 0.2) is 59.7 Å². The first kappa shape index (κ1) is 23.0. The van der Waals surface area contributed by atoms with Crippen LogP contribution in [0, 0.1) is 13.8 Å². The van der Waals surface area contributed by atoms with Crippen molar-refractivity contribution >= 4 is 35.6 Å². The highest BCUT2D eigenvalue weighted by atomic mass is 32.2. The van der Waals surface area contributed by atoms with E-state index >= 15 is 0 Å². The van der Waals surface area contributed by atoms with Crippen molar-refractivity contribution in [2.75, 3.05) is 31.2 Å². The van der Waals surface area contributed by atoms with Crippen molar-refractivity contribution in [1.29, 1.82) is 0 Å². The van der Waals surface area contributed by atoms with Crippen LogP contribution >= 0.6 is 11.8 Å². The minimum absolute atomic E-state index is 0.000134. The quantitative estimate of drug-likeness (QED) is 0.520. The number of piperidine rings is 1. The molecule has 2 aromatic carbocycles. The lowest BCUT2D eigenvalue weighted by atomic mass is 9.93. The molecular formula is C26H29NO3S. The molecule has 0 bridgehead atoms. The highest BCUT2D eigenvalue weighted by Crippen LogP contribution is 2.23. The van der Waals surface area contributed by atoms with Crippen LogP contribution in [0.25, 0.3) is 12.2 Å². The summed E-state index contributed by atoms with van der Waals surface area (Å²) in [5.41, 5.74) is 5.49. The van der Waals surface area contributed by atoms with Crippen LogP contribution in [0.2, 0.25) is 0 Å². The number of benzene rings is 2. The molecular weight excluding hydrogens is 406 g/mol. The summed E-state index contributed by atoms with van der Waals surface area (Å²) in [4.78, 5) is 27.8. The fraction of sp³-hybridized carbons (Fsp3) is 0.308. The van der Waals surface area contributed by atoms with Crippen LogP contribution in [-0.2, 0) is 9.59 Å². The summed E-state index contributed by atoms with van der Waals surface area (Å²) in [6.45, 7) is 4.81. The van der Waals surface area contributed by atoms with E-state index in [1.54, 1.807) is 16.7 Å². The van der Waals surface area contributed by atoms with Crippen molar-refractivity contribution in [2.24, 2.45) is 0 Å². The smallest absolute Gasteiger partial charge is 0.224 e. The van der Waals surface area contributed by atoms with Gasteiger partial charge in [-0.1, -0.05) is 59.7 Å². The Morgan fingerprint density at radius 2 is 1.39 bits per heavy atom. The number of aliphatic hydroxyl groups is 1. The van der Waals surface area contributed by atoms with Crippen LogP contribution in [0.4, 0.5) is 0 Å². The number of aliphatic hydroxyl groups excluding tert-OH is 1. The molecule has 31 heavy (non-hydrogen) atoms. The largest absolute Gasteiger partial charge is 0.396 e. The monoisotopic (exact) mass is 435 g/mol. The molecule has 0 unspecified atom stereocenters. The van der Waals surface area contributed by atoms with Crippen molar-refractivity contribution in [1.82, 2.24) is 4.90 Å². The Bertz CT molecular complexity index is 907. The van der Waals surface area contributed by atoms with E-state index in [2.05, 4.69) is 0 Å². The molecule has 0 aliphatic carbocycles. The van der Waals surface area contributed by atoms with E-state index in [0.717, 1.165) is 22.3 Å².